The molecule has 0 saturated heterocycles. The van der Waals surface area contributed by atoms with Crippen LogP contribution in [0.15, 0.2) is 0 Å². The van der Waals surface area contributed by atoms with E-state index in [0.29, 0.717) is 0 Å². The summed E-state index contributed by atoms with van der Waals surface area (Å²) in [5.74, 6) is 0. The highest BCUT2D eigenvalue weighted by molar-refractivity contribution is 7.87. The van der Waals surface area contributed by atoms with Gasteiger partial charge in [-0.05, 0) is 12.8 Å². The van der Waals surface area contributed by atoms with Gasteiger partial charge in [-0.25, -0.2) is 0 Å². The monoisotopic (exact) mass is 164 g/mol. The van der Waals surface area contributed by atoms with E-state index in [2.05, 4.69) is 4.18 Å². The highest BCUT2D eigenvalue weighted by atomic mass is 32.2. The molecule has 1 fully saturated rings. The smallest absolute Gasteiger partial charge is 0.269 e. The second-order valence-corrected chi connectivity index (χ2v) is 4.55. The van der Waals surface area contributed by atoms with Crippen molar-refractivity contribution >= 4 is 10.1 Å². The fraction of sp³-hybridized carbons (Fsp3) is 1.00. The van der Waals surface area contributed by atoms with E-state index < -0.39 is 10.1 Å². The van der Waals surface area contributed by atoms with E-state index in [1.54, 1.807) is 0 Å². The standard InChI is InChI=1S/C6H12O3S/c1-9-10(7,8)6-4-2-3-5-6/h6H,2-5H2,1H3. The zero-order valence-electron chi connectivity index (χ0n) is 6.04. The predicted octanol–water partition coefficient (Wildman–Crippen LogP) is 0.905. The highest BCUT2D eigenvalue weighted by Gasteiger charge is 2.28. The Bertz CT molecular complexity index is 189. The summed E-state index contributed by atoms with van der Waals surface area (Å²) < 4.78 is 26.4. The van der Waals surface area contributed by atoms with Gasteiger partial charge in [-0.15, -0.1) is 0 Å². The van der Waals surface area contributed by atoms with Crippen LogP contribution in [0.4, 0.5) is 0 Å². The second-order valence-electron chi connectivity index (χ2n) is 2.57. The van der Waals surface area contributed by atoms with Crippen molar-refractivity contribution in [2.75, 3.05) is 7.11 Å². The van der Waals surface area contributed by atoms with Gasteiger partial charge in [0.15, 0.2) is 0 Å². The molecule has 3 nitrogen and oxygen atoms in total. The van der Waals surface area contributed by atoms with Gasteiger partial charge in [0, 0.05) is 0 Å². The summed E-state index contributed by atoms with van der Waals surface area (Å²) >= 11 is 0. The van der Waals surface area contributed by atoms with Gasteiger partial charge in [0.05, 0.1) is 12.4 Å². The quantitative estimate of drug-likeness (QED) is 0.570. The first-order valence-electron chi connectivity index (χ1n) is 3.46. The van der Waals surface area contributed by atoms with Crippen LogP contribution in [0, 0.1) is 0 Å². The first-order valence-corrected chi connectivity index (χ1v) is 4.93. The summed E-state index contributed by atoms with van der Waals surface area (Å²) in [5.41, 5.74) is 0. The number of hydrogen-bond acceptors (Lipinski definition) is 3. The molecule has 0 atom stereocenters. The van der Waals surface area contributed by atoms with Gasteiger partial charge in [0.25, 0.3) is 10.1 Å². The summed E-state index contributed by atoms with van der Waals surface area (Å²) in [6, 6.07) is 0. The molecule has 0 spiro atoms. The third kappa shape index (κ3) is 1.49. The third-order valence-corrected chi connectivity index (χ3v) is 3.70. The lowest BCUT2D eigenvalue weighted by atomic mass is 10.4. The van der Waals surface area contributed by atoms with Crippen LogP contribution in [0.25, 0.3) is 0 Å². The van der Waals surface area contributed by atoms with Crippen LogP contribution in [0.2, 0.25) is 0 Å². The Labute approximate surface area is 61.5 Å². The van der Waals surface area contributed by atoms with Crippen molar-refractivity contribution in [3.05, 3.63) is 0 Å². The van der Waals surface area contributed by atoms with E-state index in [1.165, 1.54) is 7.11 Å². The zero-order valence-corrected chi connectivity index (χ0v) is 6.86. The van der Waals surface area contributed by atoms with Crippen molar-refractivity contribution in [1.29, 1.82) is 0 Å². The minimum atomic E-state index is -3.20. The molecule has 1 aliphatic rings. The second kappa shape index (κ2) is 2.88. The minimum Gasteiger partial charge on any atom is -0.273 e. The van der Waals surface area contributed by atoms with Crippen LogP contribution in [-0.4, -0.2) is 20.8 Å². The summed E-state index contributed by atoms with van der Waals surface area (Å²) in [7, 11) is -1.97. The van der Waals surface area contributed by atoms with Crippen LogP contribution in [0.3, 0.4) is 0 Å². The topological polar surface area (TPSA) is 43.4 Å². The average Bonchev–Trinajstić information content (AvgIpc) is 2.38. The lowest BCUT2D eigenvalue weighted by Gasteiger charge is -2.06. The Kier molecular flexibility index (Phi) is 2.31. The summed E-state index contributed by atoms with van der Waals surface area (Å²) in [5, 5.41) is -0.225. The van der Waals surface area contributed by atoms with Crippen LogP contribution in [0.1, 0.15) is 25.7 Å². The van der Waals surface area contributed by atoms with Gasteiger partial charge in [0.2, 0.25) is 0 Å². The Morgan fingerprint density at radius 1 is 1.30 bits per heavy atom. The third-order valence-electron chi connectivity index (χ3n) is 1.94. The Morgan fingerprint density at radius 2 is 1.80 bits per heavy atom. The SMILES string of the molecule is COS(=O)(=O)C1CCCC1. The van der Waals surface area contributed by atoms with Crippen molar-refractivity contribution in [2.45, 2.75) is 30.9 Å². The summed E-state index contributed by atoms with van der Waals surface area (Å²) in [6.45, 7) is 0. The van der Waals surface area contributed by atoms with Gasteiger partial charge < -0.3 is 0 Å². The highest BCUT2D eigenvalue weighted by Crippen LogP contribution is 2.24. The summed E-state index contributed by atoms with van der Waals surface area (Å²) in [4.78, 5) is 0. The van der Waals surface area contributed by atoms with Crippen molar-refractivity contribution in [3.63, 3.8) is 0 Å². The van der Waals surface area contributed by atoms with Gasteiger partial charge in [-0.3, -0.25) is 4.18 Å². The molecule has 1 aliphatic carbocycles. The van der Waals surface area contributed by atoms with Crippen LogP contribution in [-0.2, 0) is 14.3 Å². The lowest BCUT2D eigenvalue weighted by molar-refractivity contribution is 0.387. The van der Waals surface area contributed by atoms with E-state index in [-0.39, 0.29) is 5.25 Å². The first-order chi connectivity index (χ1) is 4.67. The normalized spacial score (nSPS) is 21.7. The van der Waals surface area contributed by atoms with Crippen molar-refractivity contribution in [2.24, 2.45) is 0 Å². The summed E-state index contributed by atoms with van der Waals surface area (Å²) in [6.07, 6.45) is 3.59. The van der Waals surface area contributed by atoms with E-state index in [0.717, 1.165) is 25.7 Å². The molecule has 0 aromatic rings. The minimum absolute atomic E-state index is 0.225. The van der Waals surface area contributed by atoms with Gasteiger partial charge in [-0.1, -0.05) is 12.8 Å². The maximum Gasteiger partial charge on any atom is 0.269 e. The van der Waals surface area contributed by atoms with Crippen LogP contribution in [0.5, 0.6) is 0 Å². The molecule has 0 aliphatic heterocycles. The first kappa shape index (κ1) is 8.01. The molecule has 10 heavy (non-hydrogen) atoms. The van der Waals surface area contributed by atoms with Crippen LogP contribution < -0.4 is 0 Å². The maximum atomic E-state index is 11.0. The van der Waals surface area contributed by atoms with Gasteiger partial charge >= 0.3 is 0 Å². The van der Waals surface area contributed by atoms with E-state index in [4.69, 9.17) is 0 Å². The van der Waals surface area contributed by atoms with E-state index in [9.17, 15) is 8.42 Å². The fourth-order valence-corrected chi connectivity index (χ4v) is 2.50. The molecule has 1 saturated carbocycles. The molecule has 0 amide bonds. The fourth-order valence-electron chi connectivity index (χ4n) is 1.31. The van der Waals surface area contributed by atoms with Crippen molar-refractivity contribution in [1.82, 2.24) is 0 Å². The molecule has 0 radical (unpaired) electrons. The van der Waals surface area contributed by atoms with Gasteiger partial charge in [-0.2, -0.15) is 8.42 Å². The Morgan fingerprint density at radius 3 is 2.20 bits per heavy atom. The van der Waals surface area contributed by atoms with Gasteiger partial charge in [0.1, 0.15) is 0 Å². The van der Waals surface area contributed by atoms with Crippen molar-refractivity contribution < 1.29 is 12.6 Å². The van der Waals surface area contributed by atoms with E-state index in [1.807, 2.05) is 0 Å². The Balaban J connectivity index is 2.63. The molecule has 1 rings (SSSR count). The Hall–Kier alpha value is -0.0900. The van der Waals surface area contributed by atoms with Crippen LogP contribution >= 0.6 is 0 Å². The number of hydrogen-bond donors (Lipinski definition) is 0. The molecule has 0 aromatic carbocycles. The van der Waals surface area contributed by atoms with Crippen molar-refractivity contribution in [3.8, 4) is 0 Å². The number of rotatable bonds is 2. The molecule has 4 heteroatoms. The average molecular weight is 164 g/mol. The largest absolute Gasteiger partial charge is 0.273 e. The predicted molar refractivity (Wildman–Crippen MR) is 38.2 cm³/mol. The zero-order chi connectivity index (χ0) is 7.61. The molecular weight excluding hydrogens is 152 g/mol. The molecule has 0 bridgehead atoms. The molecule has 0 aromatic heterocycles. The molecule has 60 valence electrons. The lowest BCUT2D eigenvalue weighted by Crippen LogP contribution is -2.18. The molecule has 0 heterocycles. The molecular formula is C6H12O3S. The molecule has 0 unspecified atom stereocenters. The maximum absolute atomic E-state index is 11.0. The molecule has 0 N–H and O–H groups in total. The van der Waals surface area contributed by atoms with E-state index >= 15 is 0 Å².